The molecule has 0 spiro atoms. The lowest BCUT2D eigenvalue weighted by Gasteiger charge is -1.97. The molecule has 0 aliphatic heterocycles. The van der Waals surface area contributed by atoms with Crippen LogP contribution in [0.5, 0.6) is 0 Å². The number of pyridine rings is 1. The van der Waals surface area contributed by atoms with Crippen LogP contribution in [0.1, 0.15) is 5.69 Å². The molecule has 2 heteroatoms. The van der Waals surface area contributed by atoms with Crippen LogP contribution in [0.4, 0.5) is 0 Å². The molecule has 0 unspecified atom stereocenters. The number of hydrogen-bond donors (Lipinski definition) is 1. The molecule has 3 aromatic rings. The van der Waals surface area contributed by atoms with Crippen molar-refractivity contribution in [2.75, 3.05) is 0 Å². The summed E-state index contributed by atoms with van der Waals surface area (Å²) in [6.45, 7) is 2.00. The Kier molecular flexibility index (Phi) is 2.00. The maximum Gasteiger partial charge on any atom is 0.0466 e. The highest BCUT2D eigenvalue weighted by molar-refractivity contribution is 5.85. The van der Waals surface area contributed by atoms with Gasteiger partial charge in [-0.05, 0) is 43.3 Å². The van der Waals surface area contributed by atoms with E-state index in [1.54, 1.807) is 0 Å². The average Bonchev–Trinajstić information content (AvgIpc) is 2.72. The number of aryl methyl sites for hydroxylation is 1. The third-order valence-electron chi connectivity index (χ3n) is 2.67. The summed E-state index contributed by atoms with van der Waals surface area (Å²) in [5.74, 6) is 0. The van der Waals surface area contributed by atoms with Crippen molar-refractivity contribution < 1.29 is 0 Å². The molecular weight excluding hydrogens is 196 g/mol. The molecule has 0 saturated carbocycles. The van der Waals surface area contributed by atoms with Gasteiger partial charge in [-0.25, -0.2) is 0 Å². The van der Waals surface area contributed by atoms with Crippen molar-refractivity contribution in [2.45, 2.75) is 6.92 Å². The summed E-state index contributed by atoms with van der Waals surface area (Å²) < 4.78 is 0. The van der Waals surface area contributed by atoms with E-state index in [9.17, 15) is 0 Å². The number of nitrogens with zero attached hydrogens (tertiary/aromatic N) is 1. The van der Waals surface area contributed by atoms with E-state index in [-0.39, 0.29) is 0 Å². The minimum atomic E-state index is 1.03. The molecule has 0 atom stereocenters. The van der Waals surface area contributed by atoms with Crippen LogP contribution in [0.15, 0.2) is 42.6 Å². The molecule has 0 amide bonds. The average molecular weight is 207 g/mol. The summed E-state index contributed by atoms with van der Waals surface area (Å²) in [5.41, 5.74) is 4.47. The van der Waals surface area contributed by atoms with Gasteiger partial charge in [0.1, 0.15) is 0 Å². The van der Waals surface area contributed by atoms with E-state index in [1.165, 1.54) is 10.9 Å². The Bertz CT molecular complexity index is 605. The predicted octanol–water partition coefficient (Wildman–Crippen LogP) is 3.34. The normalized spacial score (nSPS) is 10.8. The number of aromatic amines is 1. The van der Waals surface area contributed by atoms with Crippen LogP contribution in [0.3, 0.4) is 0 Å². The van der Waals surface area contributed by atoms with E-state index >= 15 is 0 Å². The molecule has 1 N–H and O–H groups in total. The Morgan fingerprint density at radius 3 is 3.00 bits per heavy atom. The van der Waals surface area contributed by atoms with Crippen molar-refractivity contribution in [3.05, 3.63) is 54.4 Å². The van der Waals surface area contributed by atoms with Gasteiger partial charge in [0.15, 0.2) is 0 Å². The van der Waals surface area contributed by atoms with Crippen LogP contribution in [0, 0.1) is 13.0 Å². The molecule has 0 saturated heterocycles. The molecule has 2 nitrogen and oxygen atoms in total. The zero-order valence-corrected chi connectivity index (χ0v) is 8.99. The van der Waals surface area contributed by atoms with E-state index in [1.807, 2.05) is 37.4 Å². The zero-order valence-electron chi connectivity index (χ0n) is 8.99. The van der Waals surface area contributed by atoms with E-state index in [0.717, 1.165) is 16.9 Å². The van der Waals surface area contributed by atoms with Gasteiger partial charge in [-0.1, -0.05) is 6.07 Å². The fourth-order valence-corrected chi connectivity index (χ4v) is 1.88. The molecule has 2 heterocycles. The highest BCUT2D eigenvalue weighted by Crippen LogP contribution is 2.23. The molecule has 2 aromatic heterocycles. The van der Waals surface area contributed by atoms with Gasteiger partial charge in [0.25, 0.3) is 0 Å². The second kappa shape index (κ2) is 3.49. The maximum atomic E-state index is 4.20. The molecule has 3 rings (SSSR count). The quantitative estimate of drug-likeness (QED) is 0.651. The standard InChI is InChI=1S/C14H11N2/c1-10-8-12(6-7-15-10)14-9-11-4-2-3-5-13(11)16-14/h3-9,16H,1H3. The van der Waals surface area contributed by atoms with Crippen LogP contribution in [0.2, 0.25) is 0 Å². The highest BCUT2D eigenvalue weighted by atomic mass is 14.7. The summed E-state index contributed by atoms with van der Waals surface area (Å²) in [6, 6.07) is 15.3. The third kappa shape index (κ3) is 1.48. The third-order valence-corrected chi connectivity index (χ3v) is 2.67. The Morgan fingerprint density at radius 1 is 1.25 bits per heavy atom. The number of benzene rings is 1. The monoisotopic (exact) mass is 207 g/mol. The molecule has 0 aliphatic rings. The van der Waals surface area contributed by atoms with Crippen molar-refractivity contribution in [1.29, 1.82) is 0 Å². The lowest BCUT2D eigenvalue weighted by Crippen LogP contribution is -1.82. The number of H-pyrrole nitrogens is 1. The first-order valence-corrected chi connectivity index (χ1v) is 5.25. The summed E-state index contributed by atoms with van der Waals surface area (Å²) >= 11 is 0. The number of aromatic nitrogens is 2. The molecule has 77 valence electrons. The molecule has 0 fully saturated rings. The number of rotatable bonds is 1. The van der Waals surface area contributed by atoms with Crippen LogP contribution in [0.25, 0.3) is 22.2 Å². The maximum absolute atomic E-state index is 4.20. The lowest BCUT2D eigenvalue weighted by molar-refractivity contribution is 1.20. The number of hydrogen-bond acceptors (Lipinski definition) is 1. The molecular formula is C14H11N2. The van der Waals surface area contributed by atoms with Gasteiger partial charge in [-0.15, -0.1) is 0 Å². The van der Waals surface area contributed by atoms with Crippen molar-refractivity contribution in [2.24, 2.45) is 0 Å². The smallest absolute Gasteiger partial charge is 0.0466 e. The number of fused-ring (bicyclic) bond motifs is 1. The first-order chi connectivity index (χ1) is 7.83. The first kappa shape index (κ1) is 9.16. The minimum absolute atomic E-state index is 1.03. The Labute approximate surface area is 94.0 Å². The largest absolute Gasteiger partial charge is 0.355 e. The van der Waals surface area contributed by atoms with E-state index in [4.69, 9.17) is 0 Å². The zero-order chi connectivity index (χ0) is 11.0. The molecule has 1 radical (unpaired) electrons. The van der Waals surface area contributed by atoms with E-state index in [2.05, 4.69) is 28.2 Å². The Hall–Kier alpha value is -2.09. The van der Waals surface area contributed by atoms with Crippen LogP contribution < -0.4 is 0 Å². The van der Waals surface area contributed by atoms with Crippen molar-refractivity contribution in [1.82, 2.24) is 9.97 Å². The predicted molar refractivity (Wildman–Crippen MR) is 65.1 cm³/mol. The van der Waals surface area contributed by atoms with E-state index in [0.29, 0.717) is 0 Å². The topological polar surface area (TPSA) is 28.7 Å². The van der Waals surface area contributed by atoms with Crippen LogP contribution >= 0.6 is 0 Å². The SMILES string of the molecule is Cc1cc(-c2cc3c[c]ccc3[nH]2)ccn1. The number of nitrogens with one attached hydrogen (secondary N) is 1. The minimum Gasteiger partial charge on any atom is -0.355 e. The van der Waals surface area contributed by atoms with Crippen molar-refractivity contribution >= 4 is 10.9 Å². The van der Waals surface area contributed by atoms with Gasteiger partial charge in [-0.2, -0.15) is 0 Å². The van der Waals surface area contributed by atoms with Crippen molar-refractivity contribution in [3.63, 3.8) is 0 Å². The van der Waals surface area contributed by atoms with Gasteiger partial charge >= 0.3 is 0 Å². The summed E-state index contributed by atoms with van der Waals surface area (Å²) in [7, 11) is 0. The molecule has 1 aromatic carbocycles. The fraction of sp³-hybridized carbons (Fsp3) is 0.0714. The Morgan fingerprint density at radius 2 is 2.19 bits per heavy atom. The first-order valence-electron chi connectivity index (χ1n) is 5.25. The second-order valence-electron chi connectivity index (χ2n) is 3.88. The van der Waals surface area contributed by atoms with Gasteiger partial charge in [0, 0.05) is 34.1 Å². The van der Waals surface area contributed by atoms with Gasteiger partial charge < -0.3 is 4.98 Å². The summed E-state index contributed by atoms with van der Waals surface area (Å²) in [5, 5.41) is 1.19. The summed E-state index contributed by atoms with van der Waals surface area (Å²) in [6.07, 6.45) is 1.84. The molecule has 16 heavy (non-hydrogen) atoms. The van der Waals surface area contributed by atoms with Crippen molar-refractivity contribution in [3.8, 4) is 11.3 Å². The van der Waals surface area contributed by atoms with Gasteiger partial charge in [-0.3, -0.25) is 4.98 Å². The lowest BCUT2D eigenvalue weighted by atomic mass is 10.1. The summed E-state index contributed by atoms with van der Waals surface area (Å²) in [4.78, 5) is 7.59. The van der Waals surface area contributed by atoms with E-state index < -0.39 is 0 Å². The molecule has 0 bridgehead atoms. The second-order valence-corrected chi connectivity index (χ2v) is 3.88. The van der Waals surface area contributed by atoms with Crippen LogP contribution in [-0.2, 0) is 0 Å². The molecule has 0 aliphatic carbocycles. The van der Waals surface area contributed by atoms with Gasteiger partial charge in [0.05, 0.1) is 0 Å². The van der Waals surface area contributed by atoms with Gasteiger partial charge in [0.2, 0.25) is 0 Å². The Balaban J connectivity index is 2.19. The highest BCUT2D eigenvalue weighted by Gasteiger charge is 2.02. The van der Waals surface area contributed by atoms with Crippen LogP contribution in [-0.4, -0.2) is 9.97 Å². The fourth-order valence-electron chi connectivity index (χ4n) is 1.88.